The highest BCUT2D eigenvalue weighted by Crippen LogP contribution is 2.20. The molecule has 1 aliphatic heterocycles. The van der Waals surface area contributed by atoms with Gasteiger partial charge in [-0.25, -0.2) is 0 Å². The predicted molar refractivity (Wildman–Crippen MR) is 75.2 cm³/mol. The fourth-order valence-corrected chi connectivity index (χ4v) is 2.14. The Balaban J connectivity index is 2.31. The molecule has 0 saturated carbocycles. The van der Waals surface area contributed by atoms with E-state index in [9.17, 15) is 9.59 Å². The van der Waals surface area contributed by atoms with Crippen LogP contribution in [0.4, 0.5) is 5.95 Å². The van der Waals surface area contributed by atoms with E-state index in [-0.39, 0.29) is 29.7 Å². The van der Waals surface area contributed by atoms with Crippen LogP contribution in [0.5, 0.6) is 6.01 Å². The lowest BCUT2D eigenvalue weighted by atomic mass is 10.1. The standard InChI is InChI=1S/C12H16ClN5O3/c1-3-5-21-12-16-10(13)15-11(17-12)18-6-8(19)14-9(20)7(18)4-2/h7H,3-6H2,1-2H3,(H,14,19,20). The highest BCUT2D eigenvalue weighted by atomic mass is 35.5. The number of halogens is 1. The molecule has 0 radical (unpaired) electrons. The second kappa shape index (κ2) is 6.66. The number of hydrogen-bond donors (Lipinski definition) is 1. The van der Waals surface area contributed by atoms with Gasteiger partial charge in [-0.15, -0.1) is 0 Å². The molecule has 2 rings (SSSR count). The van der Waals surface area contributed by atoms with E-state index in [1.165, 1.54) is 4.90 Å². The molecule has 114 valence electrons. The zero-order valence-electron chi connectivity index (χ0n) is 11.8. The van der Waals surface area contributed by atoms with Crippen molar-refractivity contribution < 1.29 is 14.3 Å². The van der Waals surface area contributed by atoms with Gasteiger partial charge >= 0.3 is 6.01 Å². The Bertz CT molecular complexity index is 554. The van der Waals surface area contributed by atoms with E-state index in [0.29, 0.717) is 13.0 Å². The molecule has 1 N–H and O–H groups in total. The van der Waals surface area contributed by atoms with Gasteiger partial charge in [0.05, 0.1) is 6.61 Å². The van der Waals surface area contributed by atoms with Gasteiger partial charge in [0, 0.05) is 0 Å². The van der Waals surface area contributed by atoms with E-state index in [2.05, 4.69) is 20.3 Å². The van der Waals surface area contributed by atoms with Crippen LogP contribution >= 0.6 is 11.6 Å². The molecule has 8 nitrogen and oxygen atoms in total. The van der Waals surface area contributed by atoms with Crippen LogP contribution in [-0.4, -0.2) is 46.0 Å². The number of imide groups is 1. The number of nitrogens with zero attached hydrogens (tertiary/aromatic N) is 4. The Labute approximate surface area is 126 Å². The van der Waals surface area contributed by atoms with Crippen molar-refractivity contribution in [3.05, 3.63) is 5.28 Å². The minimum Gasteiger partial charge on any atom is -0.463 e. The lowest BCUT2D eigenvalue weighted by Crippen LogP contribution is -2.58. The average Bonchev–Trinajstić information content (AvgIpc) is 2.43. The number of ether oxygens (including phenoxy) is 1. The number of rotatable bonds is 5. The summed E-state index contributed by atoms with van der Waals surface area (Å²) >= 11 is 5.86. The molecule has 1 fully saturated rings. The van der Waals surface area contributed by atoms with Gasteiger partial charge in [0.1, 0.15) is 12.6 Å². The van der Waals surface area contributed by atoms with E-state index in [1.54, 1.807) is 0 Å². The molecule has 2 amide bonds. The third kappa shape index (κ3) is 3.57. The van der Waals surface area contributed by atoms with E-state index in [0.717, 1.165) is 6.42 Å². The molecule has 1 unspecified atom stereocenters. The molecule has 1 aliphatic rings. The fraction of sp³-hybridized carbons (Fsp3) is 0.583. The van der Waals surface area contributed by atoms with Crippen molar-refractivity contribution in [3.8, 4) is 6.01 Å². The first-order valence-corrected chi connectivity index (χ1v) is 7.07. The maximum atomic E-state index is 11.9. The highest BCUT2D eigenvalue weighted by molar-refractivity contribution is 6.28. The van der Waals surface area contributed by atoms with E-state index in [1.807, 2.05) is 13.8 Å². The van der Waals surface area contributed by atoms with Crippen LogP contribution in [0.25, 0.3) is 0 Å². The van der Waals surface area contributed by atoms with Crippen LogP contribution in [0.2, 0.25) is 5.28 Å². The van der Waals surface area contributed by atoms with Crippen LogP contribution in [0.15, 0.2) is 0 Å². The van der Waals surface area contributed by atoms with Crippen LogP contribution in [0.3, 0.4) is 0 Å². The summed E-state index contributed by atoms with van der Waals surface area (Å²) in [5.41, 5.74) is 0. The van der Waals surface area contributed by atoms with Gasteiger partial charge < -0.3 is 9.64 Å². The average molecular weight is 314 g/mol. The molecule has 2 heterocycles. The zero-order valence-corrected chi connectivity index (χ0v) is 12.6. The van der Waals surface area contributed by atoms with Gasteiger partial charge in [0.2, 0.25) is 23.0 Å². The zero-order chi connectivity index (χ0) is 15.4. The number of carbonyl (C=O) groups is 2. The van der Waals surface area contributed by atoms with Crippen molar-refractivity contribution in [2.24, 2.45) is 0 Å². The first kappa shape index (κ1) is 15.4. The number of anilines is 1. The fourth-order valence-electron chi connectivity index (χ4n) is 1.99. The summed E-state index contributed by atoms with van der Waals surface area (Å²) in [5, 5.41) is 2.25. The number of carbonyl (C=O) groups excluding carboxylic acids is 2. The van der Waals surface area contributed by atoms with E-state index in [4.69, 9.17) is 16.3 Å². The molecule has 0 spiro atoms. The van der Waals surface area contributed by atoms with Crippen molar-refractivity contribution >= 4 is 29.4 Å². The number of aromatic nitrogens is 3. The Morgan fingerprint density at radius 2 is 2.10 bits per heavy atom. The minimum atomic E-state index is -0.528. The van der Waals surface area contributed by atoms with Crippen LogP contribution in [0, 0.1) is 0 Å². The Hall–Kier alpha value is -1.96. The lowest BCUT2D eigenvalue weighted by molar-refractivity contribution is -0.133. The molecule has 9 heteroatoms. The maximum Gasteiger partial charge on any atom is 0.322 e. The van der Waals surface area contributed by atoms with Gasteiger partial charge in [-0.05, 0) is 24.4 Å². The Morgan fingerprint density at radius 3 is 2.76 bits per heavy atom. The van der Waals surface area contributed by atoms with Gasteiger partial charge in [-0.2, -0.15) is 15.0 Å². The summed E-state index contributed by atoms with van der Waals surface area (Å²) in [4.78, 5) is 36.9. The van der Waals surface area contributed by atoms with Crippen LogP contribution < -0.4 is 15.0 Å². The van der Waals surface area contributed by atoms with Crippen LogP contribution in [-0.2, 0) is 9.59 Å². The van der Waals surface area contributed by atoms with Crippen molar-refractivity contribution in [1.82, 2.24) is 20.3 Å². The molecule has 21 heavy (non-hydrogen) atoms. The summed E-state index contributed by atoms with van der Waals surface area (Å²) < 4.78 is 5.33. The molecule has 0 aromatic carbocycles. The molecule has 1 atom stereocenters. The summed E-state index contributed by atoms with van der Waals surface area (Å²) in [7, 11) is 0. The third-order valence-corrected chi connectivity index (χ3v) is 3.08. The molecule has 1 aromatic rings. The maximum absolute atomic E-state index is 11.9. The summed E-state index contributed by atoms with van der Waals surface area (Å²) in [5.74, 6) is -0.616. The van der Waals surface area contributed by atoms with E-state index < -0.39 is 11.9 Å². The molecular formula is C12H16ClN5O3. The smallest absolute Gasteiger partial charge is 0.322 e. The third-order valence-electron chi connectivity index (χ3n) is 2.91. The molecule has 1 saturated heterocycles. The largest absolute Gasteiger partial charge is 0.463 e. The second-order valence-electron chi connectivity index (χ2n) is 4.50. The number of hydrogen-bond acceptors (Lipinski definition) is 7. The van der Waals surface area contributed by atoms with Gasteiger partial charge in [-0.1, -0.05) is 13.8 Å². The number of amides is 2. The highest BCUT2D eigenvalue weighted by Gasteiger charge is 2.34. The molecule has 0 aliphatic carbocycles. The summed E-state index contributed by atoms with van der Waals surface area (Å²) in [6.45, 7) is 4.21. The second-order valence-corrected chi connectivity index (χ2v) is 4.84. The predicted octanol–water partition coefficient (Wildman–Crippen LogP) is 0.555. The van der Waals surface area contributed by atoms with Crippen LogP contribution in [0.1, 0.15) is 26.7 Å². The Morgan fingerprint density at radius 1 is 1.33 bits per heavy atom. The topological polar surface area (TPSA) is 97.3 Å². The number of piperazine rings is 1. The van der Waals surface area contributed by atoms with Crippen molar-refractivity contribution in [2.45, 2.75) is 32.7 Å². The molecule has 0 bridgehead atoms. The minimum absolute atomic E-state index is 0.0161. The lowest BCUT2D eigenvalue weighted by Gasteiger charge is -2.33. The Kier molecular flexibility index (Phi) is 4.89. The summed E-state index contributed by atoms with van der Waals surface area (Å²) in [6.07, 6.45) is 1.30. The quantitative estimate of drug-likeness (QED) is 0.793. The molecule has 1 aromatic heterocycles. The first-order valence-electron chi connectivity index (χ1n) is 6.69. The van der Waals surface area contributed by atoms with E-state index >= 15 is 0 Å². The van der Waals surface area contributed by atoms with Gasteiger partial charge in [0.25, 0.3) is 0 Å². The normalized spacial score (nSPS) is 18.6. The number of nitrogens with one attached hydrogen (secondary N) is 1. The molecular weight excluding hydrogens is 298 g/mol. The van der Waals surface area contributed by atoms with Crippen molar-refractivity contribution in [3.63, 3.8) is 0 Å². The summed E-state index contributed by atoms with van der Waals surface area (Å²) in [6, 6.07) is -0.444. The first-order chi connectivity index (χ1) is 10.0. The van der Waals surface area contributed by atoms with Crippen molar-refractivity contribution in [1.29, 1.82) is 0 Å². The monoisotopic (exact) mass is 313 g/mol. The van der Waals surface area contributed by atoms with Gasteiger partial charge in [-0.3, -0.25) is 14.9 Å². The SMILES string of the molecule is CCCOc1nc(Cl)nc(N2CC(=O)NC(=O)C2CC)n1. The van der Waals surface area contributed by atoms with Crippen molar-refractivity contribution in [2.75, 3.05) is 18.1 Å². The van der Waals surface area contributed by atoms with Gasteiger partial charge in [0.15, 0.2) is 0 Å².